The number of phenols is 1. The molecule has 1 aliphatic heterocycles. The van der Waals surface area contributed by atoms with Crippen molar-refractivity contribution in [3.8, 4) is 11.5 Å². The van der Waals surface area contributed by atoms with Gasteiger partial charge in [-0.2, -0.15) is 0 Å². The summed E-state index contributed by atoms with van der Waals surface area (Å²) >= 11 is 0. The fourth-order valence-electron chi connectivity index (χ4n) is 3.94. The van der Waals surface area contributed by atoms with Crippen molar-refractivity contribution < 1.29 is 24.5 Å². The van der Waals surface area contributed by atoms with Gasteiger partial charge in [0.05, 0.1) is 23.6 Å². The van der Waals surface area contributed by atoms with Gasteiger partial charge in [0.1, 0.15) is 23.3 Å². The predicted molar refractivity (Wildman–Crippen MR) is 129 cm³/mol. The molecule has 1 aromatic heterocycles. The van der Waals surface area contributed by atoms with Gasteiger partial charge in [-0.25, -0.2) is 0 Å². The molecule has 2 aromatic carbocycles. The average Bonchev–Trinajstić information content (AvgIpc) is 3.09. The van der Waals surface area contributed by atoms with Crippen LogP contribution in [0.4, 0.5) is 5.69 Å². The van der Waals surface area contributed by atoms with E-state index >= 15 is 0 Å². The van der Waals surface area contributed by atoms with Crippen LogP contribution >= 0.6 is 0 Å². The molecule has 0 radical (unpaired) electrons. The molecule has 1 saturated heterocycles. The van der Waals surface area contributed by atoms with Gasteiger partial charge in [-0.1, -0.05) is 32.0 Å². The molecule has 34 heavy (non-hydrogen) atoms. The summed E-state index contributed by atoms with van der Waals surface area (Å²) in [5.41, 5.74) is 1.62. The van der Waals surface area contributed by atoms with E-state index in [1.807, 2.05) is 6.92 Å². The van der Waals surface area contributed by atoms with Crippen LogP contribution in [0.3, 0.4) is 0 Å². The fraction of sp³-hybridized carbons (Fsp3) is 0.222. The summed E-state index contributed by atoms with van der Waals surface area (Å²) < 4.78 is 5.81. The Morgan fingerprint density at radius 2 is 1.82 bits per heavy atom. The lowest BCUT2D eigenvalue weighted by Crippen LogP contribution is -2.29. The van der Waals surface area contributed by atoms with Gasteiger partial charge in [0, 0.05) is 11.8 Å². The molecule has 3 aromatic rings. The third-order valence-corrected chi connectivity index (χ3v) is 5.57. The Balaban J connectivity index is 1.85. The van der Waals surface area contributed by atoms with Crippen LogP contribution in [0.1, 0.15) is 36.7 Å². The number of benzene rings is 2. The van der Waals surface area contributed by atoms with Crippen molar-refractivity contribution in [2.45, 2.75) is 26.8 Å². The highest BCUT2D eigenvalue weighted by molar-refractivity contribution is 6.51. The van der Waals surface area contributed by atoms with E-state index in [2.05, 4.69) is 18.8 Å². The highest BCUT2D eigenvalue weighted by Crippen LogP contribution is 2.44. The van der Waals surface area contributed by atoms with E-state index in [4.69, 9.17) is 4.74 Å². The number of aryl methyl sites for hydroxylation is 1. The second-order valence-corrected chi connectivity index (χ2v) is 8.60. The van der Waals surface area contributed by atoms with Gasteiger partial charge in [-0.05, 0) is 60.9 Å². The maximum atomic E-state index is 13.2. The molecule has 7 heteroatoms. The van der Waals surface area contributed by atoms with Crippen LogP contribution in [0.15, 0.2) is 72.4 Å². The molecule has 4 rings (SSSR count). The number of rotatable bonds is 6. The zero-order valence-corrected chi connectivity index (χ0v) is 19.2. The van der Waals surface area contributed by atoms with Crippen LogP contribution in [0.2, 0.25) is 0 Å². The van der Waals surface area contributed by atoms with Gasteiger partial charge < -0.3 is 14.9 Å². The van der Waals surface area contributed by atoms with Crippen LogP contribution in [0, 0.1) is 12.8 Å². The minimum atomic E-state index is -1.01. The molecular weight excluding hydrogens is 432 g/mol. The Hall–Kier alpha value is -4.13. The number of amides is 1. The predicted octanol–water partition coefficient (Wildman–Crippen LogP) is 4.76. The van der Waals surface area contributed by atoms with Crippen molar-refractivity contribution in [3.63, 3.8) is 0 Å². The van der Waals surface area contributed by atoms with E-state index in [1.54, 1.807) is 60.8 Å². The van der Waals surface area contributed by atoms with Gasteiger partial charge >= 0.3 is 0 Å². The maximum Gasteiger partial charge on any atom is 0.300 e. The highest BCUT2D eigenvalue weighted by atomic mass is 16.5. The summed E-state index contributed by atoms with van der Waals surface area (Å²) in [6.45, 7) is 6.51. The molecule has 174 valence electrons. The Labute approximate surface area is 198 Å². The molecule has 0 aliphatic carbocycles. The number of anilines is 1. The van der Waals surface area contributed by atoms with Crippen molar-refractivity contribution in [2.24, 2.45) is 5.92 Å². The van der Waals surface area contributed by atoms with Gasteiger partial charge in [0.25, 0.3) is 11.7 Å². The van der Waals surface area contributed by atoms with Crippen LogP contribution in [-0.2, 0) is 9.59 Å². The topological polar surface area (TPSA) is 100.0 Å². The van der Waals surface area contributed by atoms with E-state index in [1.165, 1.54) is 11.0 Å². The van der Waals surface area contributed by atoms with Crippen molar-refractivity contribution >= 4 is 23.1 Å². The van der Waals surface area contributed by atoms with E-state index in [-0.39, 0.29) is 22.8 Å². The molecule has 1 amide bonds. The first kappa shape index (κ1) is 23.0. The van der Waals surface area contributed by atoms with Crippen molar-refractivity contribution in [3.05, 3.63) is 89.3 Å². The molecule has 0 bridgehead atoms. The van der Waals surface area contributed by atoms with Crippen LogP contribution in [0.25, 0.3) is 5.76 Å². The SMILES string of the molecule is Cc1cc(/C(O)=C2/C(=O)C(=O)N(c3ccccc3O)C2c2ccccn2)ccc1OCC(C)C. The number of pyridine rings is 1. The molecule has 1 atom stereocenters. The molecule has 0 spiro atoms. The number of ether oxygens (including phenoxy) is 1. The molecule has 1 unspecified atom stereocenters. The second-order valence-electron chi connectivity index (χ2n) is 8.60. The first-order chi connectivity index (χ1) is 16.3. The molecule has 7 nitrogen and oxygen atoms in total. The lowest BCUT2D eigenvalue weighted by molar-refractivity contribution is -0.132. The van der Waals surface area contributed by atoms with Crippen molar-refractivity contribution in [1.29, 1.82) is 0 Å². The van der Waals surface area contributed by atoms with Gasteiger partial charge in [0.15, 0.2) is 0 Å². The first-order valence-corrected chi connectivity index (χ1v) is 11.0. The fourth-order valence-corrected chi connectivity index (χ4v) is 3.94. The lowest BCUT2D eigenvalue weighted by atomic mass is 9.97. The average molecular weight is 459 g/mol. The summed E-state index contributed by atoms with van der Waals surface area (Å²) in [5.74, 6) is -1.14. The Kier molecular flexibility index (Phi) is 6.36. The normalized spacial score (nSPS) is 17.4. The van der Waals surface area contributed by atoms with Crippen LogP contribution in [0.5, 0.6) is 11.5 Å². The van der Waals surface area contributed by atoms with E-state index in [0.717, 1.165) is 5.56 Å². The number of hydrogen-bond donors (Lipinski definition) is 2. The van der Waals surface area contributed by atoms with Crippen LogP contribution in [-0.4, -0.2) is 33.5 Å². The molecular formula is C27H26N2O5. The van der Waals surface area contributed by atoms with Gasteiger partial charge in [-0.15, -0.1) is 0 Å². The number of ketones is 1. The lowest BCUT2D eigenvalue weighted by Gasteiger charge is -2.25. The number of carbonyl (C=O) groups excluding carboxylic acids is 2. The van der Waals surface area contributed by atoms with Gasteiger partial charge in [-0.3, -0.25) is 19.5 Å². The Bertz CT molecular complexity index is 1270. The maximum absolute atomic E-state index is 13.2. The number of carbonyl (C=O) groups is 2. The molecule has 0 saturated carbocycles. The number of aliphatic hydroxyl groups is 1. The number of aromatic hydroxyl groups is 1. The summed E-state index contributed by atoms with van der Waals surface area (Å²) in [6.07, 6.45) is 1.55. The number of phenolic OH excluding ortho intramolecular Hbond substituents is 1. The largest absolute Gasteiger partial charge is 0.507 e. The number of hydrogen-bond acceptors (Lipinski definition) is 6. The standard InChI is InChI=1S/C27H26N2O5/c1-16(2)15-34-22-12-11-18(14-17(22)3)25(31)23-24(19-8-6-7-13-28-19)29(27(33)26(23)32)20-9-4-5-10-21(20)30/h4-14,16,24,30-31H,15H2,1-3H3/b25-23-. The zero-order chi connectivity index (χ0) is 24.4. The quantitative estimate of drug-likeness (QED) is 0.314. The summed E-state index contributed by atoms with van der Waals surface area (Å²) in [5, 5.41) is 21.7. The number of aliphatic hydroxyl groups excluding tert-OH is 1. The summed E-state index contributed by atoms with van der Waals surface area (Å²) in [7, 11) is 0. The number of Topliss-reactive ketones (excluding diaryl/α,β-unsaturated/α-hetero) is 1. The van der Waals surface area contributed by atoms with Crippen molar-refractivity contribution in [2.75, 3.05) is 11.5 Å². The Morgan fingerprint density at radius 1 is 1.09 bits per heavy atom. The molecule has 1 fully saturated rings. The zero-order valence-electron chi connectivity index (χ0n) is 19.2. The molecule has 1 aliphatic rings. The first-order valence-electron chi connectivity index (χ1n) is 11.0. The Morgan fingerprint density at radius 3 is 2.47 bits per heavy atom. The van der Waals surface area contributed by atoms with E-state index in [9.17, 15) is 19.8 Å². The minimum absolute atomic E-state index is 0.0952. The van der Waals surface area contributed by atoms with E-state index in [0.29, 0.717) is 29.5 Å². The van der Waals surface area contributed by atoms with Crippen LogP contribution < -0.4 is 9.64 Å². The third-order valence-electron chi connectivity index (χ3n) is 5.57. The second kappa shape index (κ2) is 9.39. The molecule has 2 N–H and O–H groups in total. The van der Waals surface area contributed by atoms with Crippen molar-refractivity contribution in [1.82, 2.24) is 4.98 Å². The number of para-hydroxylation sites is 2. The smallest absolute Gasteiger partial charge is 0.300 e. The number of nitrogens with zero attached hydrogens (tertiary/aromatic N) is 2. The van der Waals surface area contributed by atoms with E-state index < -0.39 is 17.7 Å². The third kappa shape index (κ3) is 4.24. The number of aromatic nitrogens is 1. The minimum Gasteiger partial charge on any atom is -0.507 e. The monoisotopic (exact) mass is 458 g/mol. The summed E-state index contributed by atoms with van der Waals surface area (Å²) in [6, 6.07) is 15.5. The summed E-state index contributed by atoms with van der Waals surface area (Å²) in [4.78, 5) is 31.8. The van der Waals surface area contributed by atoms with Gasteiger partial charge in [0.2, 0.25) is 0 Å². The molecule has 2 heterocycles. The highest BCUT2D eigenvalue weighted by Gasteiger charge is 2.48.